The number of carbonyl (C=O) groups is 2. The first-order valence-electron chi connectivity index (χ1n) is 8.10. The normalized spacial score (nSPS) is 10.7. The van der Waals surface area contributed by atoms with Crippen LogP contribution in [0.4, 0.5) is 8.78 Å². The molecule has 0 aromatic heterocycles. The highest BCUT2D eigenvalue weighted by atomic mass is 35.5. The van der Waals surface area contributed by atoms with Crippen molar-refractivity contribution in [3.05, 3.63) is 87.9 Å². The van der Waals surface area contributed by atoms with Crippen molar-refractivity contribution in [3.63, 3.8) is 0 Å². The summed E-state index contributed by atoms with van der Waals surface area (Å²) in [6.45, 7) is 0. The number of carboxylic acid groups (broad SMARTS) is 1. The summed E-state index contributed by atoms with van der Waals surface area (Å²) in [6.07, 6.45) is -0.515. The van der Waals surface area contributed by atoms with Crippen LogP contribution < -0.4 is 0 Å². The molecule has 142 valence electrons. The summed E-state index contributed by atoms with van der Waals surface area (Å²) < 4.78 is 28.4. The van der Waals surface area contributed by atoms with Crippen molar-refractivity contribution in [3.8, 4) is 16.9 Å². The SMILES string of the molecule is O=C(O)c1cc(Cl)c(O)c(C(=O)Cc2cc(-c3ccccc3)c(F)cc2F)c1. The van der Waals surface area contributed by atoms with E-state index in [1.165, 1.54) is 6.07 Å². The molecule has 2 N–H and O–H groups in total. The van der Waals surface area contributed by atoms with Gasteiger partial charge in [0.1, 0.15) is 17.4 Å². The van der Waals surface area contributed by atoms with Gasteiger partial charge in [-0.1, -0.05) is 41.9 Å². The molecule has 0 spiro atoms. The lowest BCUT2D eigenvalue weighted by Gasteiger charge is -2.10. The van der Waals surface area contributed by atoms with E-state index in [0.29, 0.717) is 11.6 Å². The van der Waals surface area contributed by atoms with E-state index in [-0.39, 0.29) is 27.3 Å². The monoisotopic (exact) mass is 402 g/mol. The van der Waals surface area contributed by atoms with Crippen LogP contribution in [0, 0.1) is 11.6 Å². The predicted octanol–water partition coefficient (Wildman–Crippen LogP) is 5.11. The lowest BCUT2D eigenvalue weighted by atomic mass is 9.96. The van der Waals surface area contributed by atoms with E-state index in [1.807, 2.05) is 0 Å². The average Bonchev–Trinajstić information content (AvgIpc) is 2.66. The van der Waals surface area contributed by atoms with E-state index < -0.39 is 35.6 Å². The smallest absolute Gasteiger partial charge is 0.335 e. The Bertz CT molecular complexity index is 1080. The van der Waals surface area contributed by atoms with Gasteiger partial charge in [-0.3, -0.25) is 4.79 Å². The first-order valence-corrected chi connectivity index (χ1v) is 8.48. The lowest BCUT2D eigenvalue weighted by Crippen LogP contribution is -2.09. The molecule has 0 aliphatic carbocycles. The number of rotatable bonds is 5. The Morgan fingerprint density at radius 2 is 1.64 bits per heavy atom. The Morgan fingerprint density at radius 1 is 0.964 bits per heavy atom. The molecule has 3 rings (SSSR count). The van der Waals surface area contributed by atoms with Crippen LogP contribution in [-0.4, -0.2) is 22.0 Å². The fourth-order valence-corrected chi connectivity index (χ4v) is 2.99. The zero-order valence-corrected chi connectivity index (χ0v) is 15.0. The van der Waals surface area contributed by atoms with E-state index in [9.17, 15) is 23.5 Å². The number of carboxylic acids is 1. The van der Waals surface area contributed by atoms with E-state index >= 15 is 0 Å². The number of Topliss-reactive ketones (excluding diaryl/α,β-unsaturated/α-hetero) is 1. The average molecular weight is 403 g/mol. The van der Waals surface area contributed by atoms with Gasteiger partial charge in [-0.25, -0.2) is 13.6 Å². The maximum Gasteiger partial charge on any atom is 0.335 e. The summed E-state index contributed by atoms with van der Waals surface area (Å²) in [7, 11) is 0. The molecule has 0 amide bonds. The van der Waals surface area contributed by atoms with Crippen LogP contribution in [-0.2, 0) is 6.42 Å². The number of aromatic carboxylic acids is 1. The quantitative estimate of drug-likeness (QED) is 0.581. The van der Waals surface area contributed by atoms with Crippen LogP contribution in [0.3, 0.4) is 0 Å². The molecule has 3 aromatic carbocycles. The van der Waals surface area contributed by atoms with Gasteiger partial charge >= 0.3 is 5.97 Å². The molecular formula is C21H13ClF2O4. The molecular weight excluding hydrogens is 390 g/mol. The third kappa shape index (κ3) is 3.87. The molecule has 0 fully saturated rings. The van der Waals surface area contributed by atoms with E-state index in [2.05, 4.69) is 0 Å². The second-order valence-electron chi connectivity index (χ2n) is 6.05. The fraction of sp³-hybridized carbons (Fsp3) is 0.0476. The number of hydrogen-bond donors (Lipinski definition) is 2. The van der Waals surface area contributed by atoms with Crippen molar-refractivity contribution < 1.29 is 28.6 Å². The van der Waals surface area contributed by atoms with E-state index in [0.717, 1.165) is 12.1 Å². The number of halogens is 3. The largest absolute Gasteiger partial charge is 0.506 e. The maximum atomic E-state index is 14.2. The van der Waals surface area contributed by atoms with E-state index in [4.69, 9.17) is 16.7 Å². The zero-order valence-electron chi connectivity index (χ0n) is 14.2. The van der Waals surface area contributed by atoms with Gasteiger partial charge in [-0.2, -0.15) is 0 Å². The maximum absolute atomic E-state index is 14.2. The molecule has 0 atom stereocenters. The second-order valence-corrected chi connectivity index (χ2v) is 6.46. The topological polar surface area (TPSA) is 74.6 Å². The minimum Gasteiger partial charge on any atom is -0.506 e. The fourth-order valence-electron chi connectivity index (χ4n) is 2.77. The zero-order chi connectivity index (χ0) is 20.4. The molecule has 0 aliphatic heterocycles. The number of benzene rings is 3. The summed E-state index contributed by atoms with van der Waals surface area (Å²) in [6, 6.07) is 12.3. The molecule has 3 aromatic rings. The Hall–Kier alpha value is -3.25. The van der Waals surface area contributed by atoms with Crippen molar-refractivity contribution in [2.75, 3.05) is 0 Å². The standard InChI is InChI=1S/C21H13ClF2O4/c22-16-8-13(21(27)28)7-15(20(16)26)19(25)9-12-6-14(18(24)10-17(12)23)11-4-2-1-3-5-11/h1-8,10,26H,9H2,(H,27,28). The Morgan fingerprint density at radius 3 is 2.29 bits per heavy atom. The number of ketones is 1. The van der Waals surface area contributed by atoms with Gasteiger partial charge in [0.05, 0.1) is 16.1 Å². The highest BCUT2D eigenvalue weighted by Crippen LogP contribution is 2.31. The molecule has 0 saturated carbocycles. The summed E-state index contributed by atoms with van der Waals surface area (Å²) in [5.41, 5.74) is -0.120. The third-order valence-corrected chi connectivity index (χ3v) is 4.47. The Kier molecular flexibility index (Phi) is 5.42. The van der Waals surface area contributed by atoms with Gasteiger partial charge < -0.3 is 10.2 Å². The van der Waals surface area contributed by atoms with Crippen LogP contribution in [0.15, 0.2) is 54.6 Å². The van der Waals surface area contributed by atoms with Gasteiger partial charge in [0.25, 0.3) is 0 Å². The number of hydrogen-bond acceptors (Lipinski definition) is 3. The Balaban J connectivity index is 2.01. The molecule has 0 bridgehead atoms. The lowest BCUT2D eigenvalue weighted by molar-refractivity contribution is 0.0697. The molecule has 0 saturated heterocycles. The second kappa shape index (κ2) is 7.78. The van der Waals surface area contributed by atoms with Gasteiger partial charge in [-0.05, 0) is 29.3 Å². The minimum absolute atomic E-state index is 0.0958. The highest BCUT2D eigenvalue weighted by Gasteiger charge is 2.21. The minimum atomic E-state index is -1.34. The van der Waals surface area contributed by atoms with Crippen molar-refractivity contribution in [1.29, 1.82) is 0 Å². The summed E-state index contributed by atoms with van der Waals surface area (Å²) >= 11 is 5.78. The number of carbonyl (C=O) groups excluding carboxylic acids is 1. The molecule has 0 radical (unpaired) electrons. The third-order valence-electron chi connectivity index (χ3n) is 4.18. The van der Waals surface area contributed by atoms with Gasteiger partial charge in [0.15, 0.2) is 5.78 Å². The summed E-state index contributed by atoms with van der Waals surface area (Å²) in [4.78, 5) is 23.7. The van der Waals surface area contributed by atoms with Crippen LogP contribution in [0.5, 0.6) is 5.75 Å². The predicted molar refractivity (Wildman–Crippen MR) is 99.9 cm³/mol. The molecule has 0 aliphatic rings. The molecule has 0 heterocycles. The number of phenolic OH excluding ortho intramolecular Hbond substituents is 1. The van der Waals surface area contributed by atoms with Gasteiger partial charge in [-0.15, -0.1) is 0 Å². The van der Waals surface area contributed by atoms with E-state index in [1.54, 1.807) is 30.3 Å². The highest BCUT2D eigenvalue weighted by molar-refractivity contribution is 6.33. The summed E-state index contributed by atoms with van der Waals surface area (Å²) in [5.74, 6) is -4.39. The van der Waals surface area contributed by atoms with Gasteiger partial charge in [0.2, 0.25) is 0 Å². The van der Waals surface area contributed by atoms with Crippen LogP contribution in [0.1, 0.15) is 26.3 Å². The van der Waals surface area contributed by atoms with Crippen LogP contribution in [0.2, 0.25) is 5.02 Å². The first-order chi connectivity index (χ1) is 13.3. The Labute approximate surface area is 163 Å². The summed E-state index contributed by atoms with van der Waals surface area (Å²) in [5, 5.41) is 18.8. The molecule has 4 nitrogen and oxygen atoms in total. The van der Waals surface area contributed by atoms with Crippen molar-refractivity contribution in [1.82, 2.24) is 0 Å². The van der Waals surface area contributed by atoms with Crippen molar-refractivity contribution in [2.24, 2.45) is 0 Å². The van der Waals surface area contributed by atoms with Crippen LogP contribution in [0.25, 0.3) is 11.1 Å². The number of phenols is 1. The van der Waals surface area contributed by atoms with Crippen LogP contribution >= 0.6 is 11.6 Å². The first kappa shape index (κ1) is 19.5. The van der Waals surface area contributed by atoms with Crippen molar-refractivity contribution in [2.45, 2.75) is 6.42 Å². The van der Waals surface area contributed by atoms with Gasteiger partial charge in [0, 0.05) is 18.1 Å². The molecule has 28 heavy (non-hydrogen) atoms. The number of aromatic hydroxyl groups is 1. The van der Waals surface area contributed by atoms with Crippen molar-refractivity contribution >= 4 is 23.4 Å². The molecule has 0 unspecified atom stereocenters. The molecule has 7 heteroatoms.